The van der Waals surface area contributed by atoms with E-state index in [0.717, 1.165) is 6.42 Å². The van der Waals surface area contributed by atoms with E-state index in [9.17, 15) is 0 Å². The molecule has 0 aromatic carbocycles. The highest BCUT2D eigenvalue weighted by molar-refractivity contribution is 4.82. The van der Waals surface area contributed by atoms with E-state index < -0.39 is 0 Å². The van der Waals surface area contributed by atoms with Crippen molar-refractivity contribution in [2.75, 3.05) is 6.61 Å². The lowest BCUT2D eigenvalue weighted by Crippen LogP contribution is -2.32. The lowest BCUT2D eigenvalue weighted by Gasteiger charge is -2.22. The van der Waals surface area contributed by atoms with Crippen LogP contribution >= 0.6 is 0 Å². The van der Waals surface area contributed by atoms with Crippen molar-refractivity contribution in [3.8, 4) is 0 Å². The van der Waals surface area contributed by atoms with Gasteiger partial charge in [0.1, 0.15) is 6.10 Å². The lowest BCUT2D eigenvalue weighted by atomic mass is 10.1. The highest BCUT2D eigenvalue weighted by Crippen LogP contribution is 2.24. The maximum atomic E-state index is 5.82. The van der Waals surface area contributed by atoms with Gasteiger partial charge in [0.15, 0.2) is 0 Å². The average Bonchev–Trinajstić information content (AvgIpc) is 2.41. The van der Waals surface area contributed by atoms with E-state index >= 15 is 0 Å². The second kappa shape index (κ2) is 5.83. The lowest BCUT2D eigenvalue weighted by molar-refractivity contribution is -0.0852. The molecule has 0 radical (unpaired) electrons. The minimum absolute atomic E-state index is 0.102. The third-order valence-corrected chi connectivity index (χ3v) is 2.43. The molecule has 0 aliphatic carbocycles. The van der Waals surface area contributed by atoms with Crippen LogP contribution in [0.4, 0.5) is 0 Å². The Hall–Kier alpha value is -0.120. The molecule has 1 heterocycles. The molecule has 0 N–H and O–H groups in total. The maximum absolute atomic E-state index is 5.82. The summed E-state index contributed by atoms with van der Waals surface area (Å²) in [5.41, 5.74) is 0. The predicted molar refractivity (Wildman–Crippen MR) is 60.0 cm³/mol. The van der Waals surface area contributed by atoms with Crippen molar-refractivity contribution in [1.82, 2.24) is 0 Å². The smallest absolute Gasteiger partial charge is 0.107 e. The van der Waals surface area contributed by atoms with Gasteiger partial charge in [0.05, 0.1) is 31.0 Å². The van der Waals surface area contributed by atoms with Crippen LogP contribution < -0.4 is 0 Å². The van der Waals surface area contributed by atoms with Crippen molar-refractivity contribution in [2.45, 2.75) is 71.6 Å². The molecule has 0 bridgehead atoms. The van der Waals surface area contributed by atoms with Gasteiger partial charge in [0, 0.05) is 6.42 Å². The second-order valence-corrected chi connectivity index (χ2v) is 4.83. The second-order valence-electron chi connectivity index (χ2n) is 4.83. The van der Waals surface area contributed by atoms with Gasteiger partial charge in [-0.15, -0.1) is 0 Å². The summed E-state index contributed by atoms with van der Waals surface area (Å²) in [4.78, 5) is 0. The Morgan fingerprint density at radius 2 is 1.87 bits per heavy atom. The number of hydrogen-bond acceptors (Lipinski definition) is 3. The molecule has 3 nitrogen and oxygen atoms in total. The van der Waals surface area contributed by atoms with E-state index in [-0.39, 0.29) is 30.5 Å². The molecule has 0 unspecified atom stereocenters. The van der Waals surface area contributed by atoms with Crippen LogP contribution in [0.5, 0.6) is 0 Å². The molecule has 0 saturated carbocycles. The van der Waals surface area contributed by atoms with E-state index in [4.69, 9.17) is 14.2 Å². The van der Waals surface area contributed by atoms with Gasteiger partial charge in [-0.05, 0) is 34.6 Å². The Kier molecular flexibility index (Phi) is 5.03. The fourth-order valence-corrected chi connectivity index (χ4v) is 1.85. The van der Waals surface area contributed by atoms with Gasteiger partial charge in [-0.25, -0.2) is 0 Å². The number of ether oxygens (including phenoxy) is 3. The first-order valence-corrected chi connectivity index (χ1v) is 5.91. The van der Waals surface area contributed by atoms with Gasteiger partial charge in [0.25, 0.3) is 0 Å². The van der Waals surface area contributed by atoms with Crippen molar-refractivity contribution in [3.05, 3.63) is 0 Å². The number of rotatable bonds is 5. The van der Waals surface area contributed by atoms with Crippen LogP contribution in [0.3, 0.4) is 0 Å². The van der Waals surface area contributed by atoms with Crippen LogP contribution in [0.1, 0.15) is 41.0 Å². The van der Waals surface area contributed by atoms with Gasteiger partial charge < -0.3 is 14.2 Å². The summed E-state index contributed by atoms with van der Waals surface area (Å²) in [6.45, 7) is 10.9. The molecular formula is C12H24O3. The van der Waals surface area contributed by atoms with Crippen LogP contribution in [0.2, 0.25) is 0 Å². The van der Waals surface area contributed by atoms with Crippen molar-refractivity contribution < 1.29 is 14.2 Å². The summed E-state index contributed by atoms with van der Waals surface area (Å²) < 4.78 is 17.2. The fraction of sp³-hybridized carbons (Fsp3) is 1.00. The molecule has 1 aliphatic heterocycles. The Bertz CT molecular complexity index is 180. The van der Waals surface area contributed by atoms with E-state index in [2.05, 4.69) is 20.8 Å². The number of hydrogen-bond donors (Lipinski definition) is 0. The van der Waals surface area contributed by atoms with Crippen LogP contribution in [0.25, 0.3) is 0 Å². The van der Waals surface area contributed by atoms with Gasteiger partial charge >= 0.3 is 0 Å². The van der Waals surface area contributed by atoms with Crippen molar-refractivity contribution in [1.29, 1.82) is 0 Å². The molecular weight excluding hydrogens is 192 g/mol. The highest BCUT2D eigenvalue weighted by atomic mass is 16.6. The zero-order chi connectivity index (χ0) is 11.4. The molecule has 1 rings (SSSR count). The zero-order valence-corrected chi connectivity index (χ0v) is 10.5. The summed E-state index contributed by atoms with van der Waals surface area (Å²) >= 11 is 0. The summed E-state index contributed by atoms with van der Waals surface area (Å²) in [5.74, 6) is 0. The predicted octanol–water partition coefficient (Wildman–Crippen LogP) is 2.38. The highest BCUT2D eigenvalue weighted by Gasteiger charge is 2.34. The molecule has 3 atom stereocenters. The molecule has 0 spiro atoms. The molecule has 0 aromatic rings. The fourth-order valence-electron chi connectivity index (χ4n) is 1.85. The van der Waals surface area contributed by atoms with Crippen molar-refractivity contribution in [2.24, 2.45) is 0 Å². The van der Waals surface area contributed by atoms with Crippen LogP contribution in [0.15, 0.2) is 0 Å². The first kappa shape index (κ1) is 12.9. The zero-order valence-electron chi connectivity index (χ0n) is 10.5. The quantitative estimate of drug-likeness (QED) is 0.706. The third-order valence-electron chi connectivity index (χ3n) is 2.43. The minimum atomic E-state index is 0.102. The third kappa shape index (κ3) is 4.49. The van der Waals surface area contributed by atoms with Gasteiger partial charge in [0.2, 0.25) is 0 Å². The Morgan fingerprint density at radius 3 is 2.40 bits per heavy atom. The van der Waals surface area contributed by atoms with E-state index in [0.29, 0.717) is 6.61 Å². The maximum Gasteiger partial charge on any atom is 0.107 e. The van der Waals surface area contributed by atoms with Crippen LogP contribution in [-0.4, -0.2) is 37.1 Å². The van der Waals surface area contributed by atoms with Gasteiger partial charge in [-0.3, -0.25) is 0 Å². The molecule has 90 valence electrons. The van der Waals surface area contributed by atoms with E-state index in [1.807, 2.05) is 13.8 Å². The molecule has 15 heavy (non-hydrogen) atoms. The first-order chi connectivity index (χ1) is 6.99. The summed E-state index contributed by atoms with van der Waals surface area (Å²) in [5, 5.41) is 0. The van der Waals surface area contributed by atoms with Gasteiger partial charge in [-0.2, -0.15) is 0 Å². The first-order valence-electron chi connectivity index (χ1n) is 5.91. The minimum Gasteiger partial charge on any atom is -0.376 e. The normalized spacial score (nSPS) is 31.8. The SMILES string of the molecule is CC(C)OC[C@@H]1O[C@@H](C)C[C@H]1OC(C)C. The van der Waals surface area contributed by atoms with Crippen molar-refractivity contribution >= 4 is 0 Å². The summed E-state index contributed by atoms with van der Waals surface area (Å²) in [6, 6.07) is 0. The topological polar surface area (TPSA) is 27.7 Å². The molecule has 1 aliphatic rings. The molecule has 1 fully saturated rings. The van der Waals surface area contributed by atoms with E-state index in [1.54, 1.807) is 0 Å². The monoisotopic (exact) mass is 216 g/mol. The Labute approximate surface area is 93.1 Å². The van der Waals surface area contributed by atoms with Crippen LogP contribution in [0, 0.1) is 0 Å². The molecule has 3 heteroatoms. The van der Waals surface area contributed by atoms with E-state index in [1.165, 1.54) is 0 Å². The molecule has 0 amide bonds. The van der Waals surface area contributed by atoms with Gasteiger partial charge in [-0.1, -0.05) is 0 Å². The molecule has 1 saturated heterocycles. The summed E-state index contributed by atoms with van der Waals surface area (Å²) in [6.07, 6.45) is 2.07. The Balaban J connectivity index is 2.38. The van der Waals surface area contributed by atoms with Crippen LogP contribution in [-0.2, 0) is 14.2 Å². The van der Waals surface area contributed by atoms with Crippen molar-refractivity contribution in [3.63, 3.8) is 0 Å². The largest absolute Gasteiger partial charge is 0.376 e. The molecule has 0 aromatic heterocycles. The standard InChI is InChI=1S/C12H24O3/c1-8(2)13-7-12-11(14-9(3)4)6-10(5)15-12/h8-12H,6-7H2,1-5H3/t10-,11+,12-/m0/s1. The average molecular weight is 216 g/mol. The Morgan fingerprint density at radius 1 is 1.20 bits per heavy atom. The summed E-state index contributed by atoms with van der Waals surface area (Å²) in [7, 11) is 0.